The second-order valence-corrected chi connectivity index (χ2v) is 6.83. The Morgan fingerprint density at radius 2 is 1.89 bits per heavy atom. The van der Waals surface area contributed by atoms with Crippen LogP contribution in [0.4, 0.5) is 0 Å². The number of benzene rings is 2. The van der Waals surface area contributed by atoms with Gasteiger partial charge in [0.25, 0.3) is 0 Å². The average molecular weight is 372 g/mol. The predicted octanol–water partition coefficient (Wildman–Crippen LogP) is 6.65. The van der Waals surface area contributed by atoms with Crippen LogP contribution in [0.1, 0.15) is 16.5 Å². The second-order valence-electron chi connectivity index (χ2n) is 4.23. The van der Waals surface area contributed by atoms with Crippen molar-refractivity contribution in [2.24, 2.45) is 0 Å². The monoisotopic (exact) mass is 370 g/mol. The van der Waals surface area contributed by atoms with E-state index in [1.54, 1.807) is 11.3 Å². The van der Waals surface area contributed by atoms with E-state index in [1.807, 2.05) is 36.4 Å². The van der Waals surface area contributed by atoms with Crippen molar-refractivity contribution in [1.29, 1.82) is 0 Å². The molecule has 3 rings (SSSR count). The average Bonchev–Trinajstić information content (AvgIpc) is 2.83. The predicted molar refractivity (Wildman–Crippen MR) is 88.7 cm³/mol. The van der Waals surface area contributed by atoms with Crippen molar-refractivity contribution in [3.63, 3.8) is 0 Å². The van der Waals surface area contributed by atoms with Crippen molar-refractivity contribution in [3.8, 4) is 0 Å². The van der Waals surface area contributed by atoms with Crippen molar-refractivity contribution in [2.45, 2.75) is 5.38 Å². The molecule has 1 heterocycles. The van der Waals surface area contributed by atoms with Gasteiger partial charge in [-0.05, 0) is 56.0 Å². The molecule has 4 heteroatoms. The Hall–Kier alpha value is -0.540. The molecule has 3 aromatic rings. The zero-order chi connectivity index (χ0) is 13.4. The van der Waals surface area contributed by atoms with E-state index in [9.17, 15) is 0 Å². The molecular weight excluding hydrogens is 363 g/mol. The highest BCUT2D eigenvalue weighted by Crippen LogP contribution is 2.40. The molecule has 0 spiro atoms. The molecule has 1 aromatic heterocycles. The molecule has 0 saturated heterocycles. The summed E-state index contributed by atoms with van der Waals surface area (Å²) in [6, 6.07) is 13.9. The van der Waals surface area contributed by atoms with Crippen LogP contribution in [0.2, 0.25) is 5.02 Å². The van der Waals surface area contributed by atoms with E-state index in [0.717, 1.165) is 15.6 Å². The van der Waals surface area contributed by atoms with E-state index in [0.29, 0.717) is 5.02 Å². The molecule has 0 nitrogen and oxygen atoms in total. The maximum absolute atomic E-state index is 6.61. The number of rotatable bonds is 2. The summed E-state index contributed by atoms with van der Waals surface area (Å²) >= 11 is 17.9. The lowest BCUT2D eigenvalue weighted by Crippen LogP contribution is -1.91. The lowest BCUT2D eigenvalue weighted by Gasteiger charge is -2.09. The van der Waals surface area contributed by atoms with Crippen LogP contribution in [0, 0.1) is 0 Å². The Morgan fingerprint density at radius 1 is 1.11 bits per heavy atom. The van der Waals surface area contributed by atoms with Gasteiger partial charge in [-0.1, -0.05) is 35.9 Å². The molecule has 0 saturated carbocycles. The maximum atomic E-state index is 6.61. The second kappa shape index (κ2) is 5.45. The third kappa shape index (κ3) is 2.55. The number of thiophene rings is 1. The highest BCUT2D eigenvalue weighted by Gasteiger charge is 2.16. The lowest BCUT2D eigenvalue weighted by atomic mass is 10.0. The molecule has 0 aliphatic heterocycles. The first kappa shape index (κ1) is 13.4. The zero-order valence-electron chi connectivity index (χ0n) is 9.74. The van der Waals surface area contributed by atoms with Crippen molar-refractivity contribution in [3.05, 3.63) is 68.5 Å². The summed E-state index contributed by atoms with van der Waals surface area (Å²) in [4.78, 5) is 0. The minimum absolute atomic E-state index is 0.179. The first-order chi connectivity index (χ1) is 9.16. The van der Waals surface area contributed by atoms with Gasteiger partial charge in [-0.3, -0.25) is 0 Å². The van der Waals surface area contributed by atoms with Crippen molar-refractivity contribution in [2.75, 3.05) is 0 Å². The maximum Gasteiger partial charge on any atom is 0.0849 e. The molecule has 0 aliphatic carbocycles. The Bertz CT molecular complexity index is 736. The molecule has 19 heavy (non-hydrogen) atoms. The molecule has 96 valence electrons. The van der Waals surface area contributed by atoms with Crippen molar-refractivity contribution in [1.82, 2.24) is 0 Å². The van der Waals surface area contributed by atoms with Crippen molar-refractivity contribution >= 4 is 60.6 Å². The summed E-state index contributed by atoms with van der Waals surface area (Å²) in [7, 11) is 0. The minimum atomic E-state index is -0.179. The summed E-state index contributed by atoms with van der Waals surface area (Å²) in [5.41, 5.74) is 2.15. The van der Waals surface area contributed by atoms with E-state index >= 15 is 0 Å². The third-order valence-corrected chi connectivity index (χ3v) is 5.69. The summed E-state index contributed by atoms with van der Waals surface area (Å²) in [6.07, 6.45) is 0. The van der Waals surface area contributed by atoms with Crippen LogP contribution in [-0.2, 0) is 0 Å². The van der Waals surface area contributed by atoms with Gasteiger partial charge in [0.2, 0.25) is 0 Å². The molecule has 2 aromatic carbocycles. The van der Waals surface area contributed by atoms with Crippen LogP contribution in [0.5, 0.6) is 0 Å². The summed E-state index contributed by atoms with van der Waals surface area (Å²) in [5, 5.41) is 3.85. The van der Waals surface area contributed by atoms with Crippen molar-refractivity contribution < 1.29 is 0 Å². The van der Waals surface area contributed by atoms with E-state index in [4.69, 9.17) is 23.2 Å². The molecule has 0 N–H and O–H groups in total. The van der Waals surface area contributed by atoms with Crippen LogP contribution in [-0.4, -0.2) is 0 Å². The number of halogens is 3. The Labute approximate surface area is 134 Å². The highest BCUT2D eigenvalue weighted by atomic mass is 79.9. The third-order valence-electron chi connectivity index (χ3n) is 3.00. The zero-order valence-corrected chi connectivity index (χ0v) is 13.7. The normalized spacial score (nSPS) is 12.8. The number of alkyl halides is 1. The standard InChI is InChI=1S/C15H9BrCl2S/c16-13-6-2-5-11-12(8-19-15(11)13)14(18)9-3-1-4-10(17)7-9/h1-8,14H. The van der Waals surface area contributed by atoms with Gasteiger partial charge in [0.1, 0.15) is 0 Å². The highest BCUT2D eigenvalue weighted by molar-refractivity contribution is 9.10. The van der Waals surface area contributed by atoms with Gasteiger partial charge in [-0.25, -0.2) is 0 Å². The topological polar surface area (TPSA) is 0 Å². The van der Waals surface area contributed by atoms with Gasteiger partial charge in [0.05, 0.1) is 5.38 Å². The Balaban J connectivity index is 2.12. The van der Waals surface area contributed by atoms with E-state index in [-0.39, 0.29) is 5.38 Å². The fraction of sp³-hybridized carbons (Fsp3) is 0.0667. The SMILES string of the molecule is Clc1cccc(C(Cl)c2csc3c(Br)cccc23)c1. The molecule has 0 fully saturated rings. The summed E-state index contributed by atoms with van der Waals surface area (Å²) in [6.45, 7) is 0. The molecule has 1 atom stereocenters. The molecular formula is C15H9BrCl2S. The van der Waals surface area contributed by atoms with E-state index in [1.165, 1.54) is 10.1 Å². The van der Waals surface area contributed by atoms with Crippen LogP contribution < -0.4 is 0 Å². The quantitative estimate of drug-likeness (QED) is 0.442. The lowest BCUT2D eigenvalue weighted by molar-refractivity contribution is 1.17. The molecule has 0 radical (unpaired) electrons. The summed E-state index contributed by atoms with van der Waals surface area (Å²) in [5.74, 6) is 0. The van der Waals surface area contributed by atoms with Crippen LogP contribution >= 0.6 is 50.5 Å². The molecule has 0 bridgehead atoms. The Kier molecular flexibility index (Phi) is 3.86. The first-order valence-electron chi connectivity index (χ1n) is 5.72. The van der Waals surface area contributed by atoms with E-state index < -0.39 is 0 Å². The Morgan fingerprint density at radius 3 is 2.68 bits per heavy atom. The molecule has 0 aliphatic rings. The van der Waals surface area contributed by atoms with Crippen LogP contribution in [0.3, 0.4) is 0 Å². The first-order valence-corrected chi connectivity index (χ1v) is 8.20. The van der Waals surface area contributed by atoms with Crippen LogP contribution in [0.15, 0.2) is 52.3 Å². The van der Waals surface area contributed by atoms with Gasteiger partial charge in [-0.2, -0.15) is 0 Å². The molecule has 0 amide bonds. The van der Waals surface area contributed by atoms with Gasteiger partial charge in [0, 0.05) is 14.2 Å². The summed E-state index contributed by atoms with van der Waals surface area (Å²) < 4.78 is 2.33. The van der Waals surface area contributed by atoms with Gasteiger partial charge in [0.15, 0.2) is 0 Å². The van der Waals surface area contributed by atoms with E-state index in [2.05, 4.69) is 27.4 Å². The van der Waals surface area contributed by atoms with Crippen LogP contribution in [0.25, 0.3) is 10.1 Å². The molecule has 1 unspecified atom stereocenters. The largest absolute Gasteiger partial charge is 0.142 e. The smallest absolute Gasteiger partial charge is 0.0849 e. The number of hydrogen-bond acceptors (Lipinski definition) is 1. The van der Waals surface area contributed by atoms with Gasteiger partial charge < -0.3 is 0 Å². The fourth-order valence-electron chi connectivity index (χ4n) is 2.08. The number of fused-ring (bicyclic) bond motifs is 1. The number of hydrogen-bond donors (Lipinski definition) is 0. The fourth-order valence-corrected chi connectivity index (χ4v) is 4.32. The minimum Gasteiger partial charge on any atom is -0.142 e. The van der Waals surface area contributed by atoms with Gasteiger partial charge in [-0.15, -0.1) is 22.9 Å². The van der Waals surface area contributed by atoms with Gasteiger partial charge >= 0.3 is 0 Å².